The van der Waals surface area contributed by atoms with E-state index in [1.807, 2.05) is 0 Å². The molecule has 0 unspecified atom stereocenters. The third kappa shape index (κ3) is 54.7. The van der Waals surface area contributed by atoms with Gasteiger partial charge in [0, 0.05) is 0 Å². The molecule has 0 rings (SSSR count). The molecule has 5 nitrogen and oxygen atoms in total. The van der Waals surface area contributed by atoms with E-state index in [2.05, 4.69) is 114 Å². The molecule has 0 aromatic carbocycles. The summed E-state index contributed by atoms with van der Waals surface area (Å²) in [5.41, 5.74) is 0. The normalized spacial score (nSPS) is 12.4. The topological polar surface area (TPSA) is 41.5 Å². The van der Waals surface area contributed by atoms with Crippen molar-refractivity contribution in [2.24, 2.45) is 0 Å². The van der Waals surface area contributed by atoms with Crippen LogP contribution in [0, 0.1) is 0 Å². The predicted molar refractivity (Wildman–Crippen MR) is 152 cm³/mol. The van der Waals surface area contributed by atoms with E-state index < -0.39 is 32.9 Å². The molecule has 0 saturated heterocycles. The van der Waals surface area contributed by atoms with Crippen LogP contribution >= 0.6 is 0 Å². The van der Waals surface area contributed by atoms with Crippen molar-refractivity contribution in [3.63, 3.8) is 0 Å². The number of nitrogens with one attached hydrogen (secondary N) is 3. The minimum atomic E-state index is -1.11. The summed E-state index contributed by atoms with van der Waals surface area (Å²) in [7, 11) is 6.71. The largest absolute Gasteiger partial charge is 1.00 e. The van der Waals surface area contributed by atoms with E-state index in [1.54, 1.807) is 14.7 Å². The molecule has 0 aliphatic rings. The average Bonchev–Trinajstić information content (AvgIpc) is 2.35. The zero-order chi connectivity index (χ0) is 25.0. The van der Waals surface area contributed by atoms with Crippen LogP contribution in [0.25, 0.3) is 9.30 Å². The molecule has 11 heteroatoms. The third-order valence-corrected chi connectivity index (χ3v) is 14.2. The molecule has 0 fully saturated rings. The molecule has 0 aliphatic carbocycles. The molecule has 32 heavy (non-hydrogen) atoms. The number of likely N-dealkylation sites (N-methyl/N-ethyl adjacent to an activating group) is 3. The Morgan fingerprint density at radius 2 is 0.594 bits per heavy atom. The minimum absolute atomic E-state index is 0. The van der Waals surface area contributed by atoms with Gasteiger partial charge in [-0.15, -0.1) is 0 Å². The first-order valence-electron chi connectivity index (χ1n) is 11.8. The summed E-state index contributed by atoms with van der Waals surface area (Å²) >= 11 is 0. The van der Waals surface area contributed by atoms with Gasteiger partial charge < -0.3 is 24.0 Å². The number of nitrogens with zero attached hydrogens (tertiary/aromatic N) is 2. The molecule has 0 spiro atoms. The second-order valence-electron chi connectivity index (χ2n) is 13.3. The minimum Gasteiger partial charge on any atom is -0.668 e. The van der Waals surface area contributed by atoms with Gasteiger partial charge in [0.2, 0.25) is 0 Å². The fraction of sp³-hybridized carbons (Fsp3) is 1.00. The van der Waals surface area contributed by atoms with Crippen molar-refractivity contribution in [2.45, 2.75) is 78.6 Å². The van der Waals surface area contributed by atoms with Gasteiger partial charge >= 0.3 is 103 Å². The van der Waals surface area contributed by atoms with Gasteiger partial charge in [0.15, 0.2) is 0 Å². The maximum Gasteiger partial charge on any atom is 1.00 e. The van der Waals surface area contributed by atoms with Crippen LogP contribution < -0.4 is 117 Å². The van der Waals surface area contributed by atoms with Crippen LogP contribution in [-0.2, 0) is 0 Å². The Balaban J connectivity index is -0.000000112. The summed E-state index contributed by atoms with van der Waals surface area (Å²) in [6.45, 7) is 32.7. The molecule has 0 amide bonds. The molecule has 0 bridgehead atoms. The smallest absolute Gasteiger partial charge is 0.668 e. The van der Waals surface area contributed by atoms with Gasteiger partial charge in [-0.2, -0.15) is 0 Å². The molecule has 0 radical (unpaired) electrons. The van der Waals surface area contributed by atoms with E-state index in [-0.39, 0.29) is 103 Å². The second-order valence-corrected chi connectivity index (χ2v) is 32.4. The molecule has 0 heterocycles. The van der Waals surface area contributed by atoms with Crippen molar-refractivity contribution in [3.8, 4) is 0 Å². The summed E-state index contributed by atoms with van der Waals surface area (Å²) in [6.07, 6.45) is 0. The van der Waals surface area contributed by atoms with Crippen LogP contribution in [0.5, 0.6) is 0 Å². The molecule has 186 valence electrons. The fourth-order valence-corrected chi connectivity index (χ4v) is 19.2. The van der Waals surface area contributed by atoms with E-state index >= 15 is 0 Å². The maximum absolute atomic E-state index is 4.82. The molecule has 3 N–H and O–H groups in total. The van der Waals surface area contributed by atoms with Crippen LogP contribution in [0.4, 0.5) is 0 Å². The van der Waals surface area contributed by atoms with E-state index in [0.717, 1.165) is 0 Å². The van der Waals surface area contributed by atoms with Crippen molar-refractivity contribution in [1.82, 2.24) is 0 Å². The SMILES string of the molecule is C[NH+](C)CC[NH+](C)CC[NH+](C)C.C[Si](C)(C)[N-][Si](C)(C)C.C[Si](C)(C)[N-][Si](C)(C)C.[K+].[K+]. The number of rotatable bonds is 10. The monoisotopic (exact) mass is 574 g/mol. The maximum atomic E-state index is 4.82. The number of hydrogen-bond donors (Lipinski definition) is 3. The summed E-state index contributed by atoms with van der Waals surface area (Å²) in [6, 6.07) is 0. The summed E-state index contributed by atoms with van der Waals surface area (Å²) in [4.78, 5) is 4.75. The van der Waals surface area contributed by atoms with Crippen molar-refractivity contribution in [3.05, 3.63) is 9.30 Å². The van der Waals surface area contributed by atoms with E-state index in [4.69, 9.17) is 9.30 Å². The van der Waals surface area contributed by atoms with Crippen LogP contribution in [0.3, 0.4) is 0 Å². The van der Waals surface area contributed by atoms with Crippen molar-refractivity contribution < 1.29 is 117 Å². The van der Waals surface area contributed by atoms with Crippen LogP contribution in [-0.4, -0.2) is 94.4 Å². The molecular weight excluding hydrogens is 513 g/mol. The average molecular weight is 575 g/mol. The predicted octanol–water partition coefficient (Wildman–Crippen LogP) is -4.14. The fourth-order valence-electron chi connectivity index (χ4n) is 3.06. The van der Waals surface area contributed by atoms with Crippen LogP contribution in [0.1, 0.15) is 0 Å². The Bertz CT molecular complexity index is 354. The van der Waals surface area contributed by atoms with Gasteiger partial charge in [0.1, 0.15) is 26.2 Å². The van der Waals surface area contributed by atoms with E-state index in [0.29, 0.717) is 0 Å². The van der Waals surface area contributed by atoms with E-state index in [9.17, 15) is 0 Å². The van der Waals surface area contributed by atoms with Crippen LogP contribution in [0.15, 0.2) is 0 Å². The summed E-state index contributed by atoms with van der Waals surface area (Å²) < 4.78 is 9.64. The first-order valence-corrected chi connectivity index (χ1v) is 25.6. The Labute approximate surface area is 294 Å². The van der Waals surface area contributed by atoms with Gasteiger partial charge in [-0.25, -0.2) is 0 Å². The quantitative estimate of drug-likeness (QED) is 0.222. The van der Waals surface area contributed by atoms with Crippen molar-refractivity contribution in [1.29, 1.82) is 0 Å². The standard InChI is InChI=1S/C9H23N3.2C6H18NSi2.2K/c1-10(2)6-8-12(5)9-7-11(3)4;2*1-8(2,3)7-9(4,5)6;;/h6-9H2,1-5H3;2*1-6H3;;/q;2*-1;2*+1/p+3. The number of hydrogen-bond acceptors (Lipinski definition) is 0. The Hall–Kier alpha value is 3.94. The zero-order valence-electron chi connectivity index (χ0n) is 26.2. The molecule has 0 aliphatic heterocycles. The first-order chi connectivity index (χ1) is 12.9. The van der Waals surface area contributed by atoms with Crippen molar-refractivity contribution >= 4 is 32.9 Å². The molecule has 0 aromatic heterocycles. The second kappa shape index (κ2) is 21.8. The first kappa shape index (κ1) is 45.8. The number of quaternary nitrogens is 3. The molecule has 0 aromatic rings. The van der Waals surface area contributed by atoms with E-state index in [1.165, 1.54) is 26.2 Å². The zero-order valence-corrected chi connectivity index (χ0v) is 36.5. The van der Waals surface area contributed by atoms with Gasteiger partial charge in [-0.05, 0) is 0 Å². The van der Waals surface area contributed by atoms with Gasteiger partial charge in [0.05, 0.1) is 35.2 Å². The van der Waals surface area contributed by atoms with Crippen LogP contribution in [0.2, 0.25) is 78.6 Å². The van der Waals surface area contributed by atoms with Gasteiger partial charge in [-0.1, -0.05) is 112 Å². The van der Waals surface area contributed by atoms with Crippen molar-refractivity contribution in [2.75, 3.05) is 61.4 Å². The Kier molecular flexibility index (Phi) is 31.3. The molecule has 0 atom stereocenters. The molecular formula is C21H62K2N5Si4+3. The van der Waals surface area contributed by atoms with Gasteiger partial charge in [0.25, 0.3) is 0 Å². The molecule has 0 saturated carbocycles. The Morgan fingerprint density at radius 1 is 0.406 bits per heavy atom. The summed E-state index contributed by atoms with van der Waals surface area (Å²) in [5, 5.41) is 0. The van der Waals surface area contributed by atoms with Gasteiger partial charge in [-0.3, -0.25) is 0 Å². The summed E-state index contributed by atoms with van der Waals surface area (Å²) in [5.74, 6) is 0. The Morgan fingerprint density at radius 3 is 0.688 bits per heavy atom. The third-order valence-electron chi connectivity index (χ3n) is 3.45.